The number of hydrogen-bond acceptors (Lipinski definition) is 4. The van der Waals surface area contributed by atoms with E-state index in [2.05, 4.69) is 0 Å². The van der Waals surface area contributed by atoms with Crippen molar-refractivity contribution >= 4 is 17.4 Å². The number of rotatable bonds is 6. The summed E-state index contributed by atoms with van der Waals surface area (Å²) in [7, 11) is 1.59. The molecule has 2 aromatic carbocycles. The van der Waals surface area contributed by atoms with Gasteiger partial charge in [-0.15, -0.1) is 0 Å². The van der Waals surface area contributed by atoms with Gasteiger partial charge in [0.1, 0.15) is 17.3 Å². The summed E-state index contributed by atoms with van der Waals surface area (Å²) in [6.45, 7) is 1.82. The van der Waals surface area contributed by atoms with Crippen LogP contribution in [0.2, 0.25) is 0 Å². The zero-order valence-electron chi connectivity index (χ0n) is 16.4. The van der Waals surface area contributed by atoms with Crippen molar-refractivity contribution in [1.29, 1.82) is 0 Å². The Bertz CT molecular complexity index is 945. The van der Waals surface area contributed by atoms with Crippen LogP contribution in [0.1, 0.15) is 24.0 Å². The molecule has 0 radical (unpaired) electrons. The Morgan fingerprint density at radius 3 is 2.21 bits per heavy atom. The number of ether oxygens (including phenoxy) is 1. The number of carbonyl (C=O) groups excluding carboxylic acids is 2. The Morgan fingerprint density at radius 1 is 0.931 bits per heavy atom. The molecule has 2 amide bonds. The summed E-state index contributed by atoms with van der Waals surface area (Å²) in [6.07, 6.45) is 2.51. The number of halogens is 1. The molecule has 1 fully saturated rings. The van der Waals surface area contributed by atoms with Gasteiger partial charge in [0.2, 0.25) is 0 Å². The highest BCUT2D eigenvalue weighted by Gasteiger charge is 2.41. The van der Waals surface area contributed by atoms with E-state index in [0.29, 0.717) is 23.4 Å². The third-order valence-corrected chi connectivity index (χ3v) is 5.48. The van der Waals surface area contributed by atoms with E-state index in [1.54, 1.807) is 31.4 Å². The van der Waals surface area contributed by atoms with Gasteiger partial charge in [0.25, 0.3) is 11.8 Å². The predicted molar refractivity (Wildman–Crippen MR) is 108 cm³/mol. The van der Waals surface area contributed by atoms with E-state index >= 15 is 0 Å². The second kappa shape index (κ2) is 8.07. The van der Waals surface area contributed by atoms with Crippen LogP contribution in [0.25, 0.3) is 5.57 Å². The SMILES string of the molecule is COc1ccc(C2=C(N3CCCC3)C(=O)N(CCc3ccc(F)cc3)C2=O)cc1. The van der Waals surface area contributed by atoms with Gasteiger partial charge in [-0.3, -0.25) is 14.5 Å². The maximum atomic E-state index is 13.2. The molecule has 2 aliphatic heterocycles. The summed E-state index contributed by atoms with van der Waals surface area (Å²) < 4.78 is 18.3. The summed E-state index contributed by atoms with van der Waals surface area (Å²) in [6, 6.07) is 13.4. The lowest BCUT2D eigenvalue weighted by molar-refractivity contribution is -0.137. The van der Waals surface area contributed by atoms with Crippen molar-refractivity contribution < 1.29 is 18.7 Å². The van der Waals surface area contributed by atoms with Crippen LogP contribution < -0.4 is 4.74 Å². The van der Waals surface area contributed by atoms with Gasteiger partial charge in [0, 0.05) is 19.6 Å². The first-order valence-electron chi connectivity index (χ1n) is 9.83. The van der Waals surface area contributed by atoms with E-state index in [9.17, 15) is 14.0 Å². The van der Waals surface area contributed by atoms with Crippen molar-refractivity contribution in [2.45, 2.75) is 19.3 Å². The van der Waals surface area contributed by atoms with Crippen LogP contribution in [0.5, 0.6) is 5.75 Å². The number of amides is 2. The molecular weight excluding hydrogens is 371 g/mol. The minimum Gasteiger partial charge on any atom is -0.497 e. The fraction of sp³-hybridized carbons (Fsp3) is 0.304. The Kier molecular flexibility index (Phi) is 5.34. The molecule has 1 saturated heterocycles. The standard InChI is InChI=1S/C23H23FN2O3/c1-29-19-10-6-17(7-11-19)20-21(25-13-2-3-14-25)23(28)26(22(20)27)15-12-16-4-8-18(24)9-5-16/h4-11H,2-3,12-15H2,1H3. The van der Waals surface area contributed by atoms with Crippen LogP contribution in [-0.2, 0) is 16.0 Å². The monoisotopic (exact) mass is 394 g/mol. The van der Waals surface area contributed by atoms with E-state index in [1.165, 1.54) is 17.0 Å². The number of hydrogen-bond donors (Lipinski definition) is 0. The van der Waals surface area contributed by atoms with Crippen molar-refractivity contribution in [2.24, 2.45) is 0 Å². The highest BCUT2D eigenvalue weighted by Crippen LogP contribution is 2.34. The van der Waals surface area contributed by atoms with Gasteiger partial charge < -0.3 is 9.64 Å². The van der Waals surface area contributed by atoms with E-state index in [4.69, 9.17) is 4.74 Å². The second-order valence-corrected chi connectivity index (χ2v) is 7.28. The lowest BCUT2D eigenvalue weighted by atomic mass is 10.0. The Balaban J connectivity index is 1.62. The van der Waals surface area contributed by atoms with Gasteiger partial charge in [-0.05, 0) is 54.7 Å². The normalized spacial score (nSPS) is 16.9. The van der Waals surface area contributed by atoms with Crippen molar-refractivity contribution in [2.75, 3.05) is 26.7 Å². The van der Waals surface area contributed by atoms with E-state index in [1.807, 2.05) is 17.0 Å². The molecule has 2 aromatic rings. The molecule has 0 N–H and O–H groups in total. The van der Waals surface area contributed by atoms with Gasteiger partial charge in [-0.1, -0.05) is 24.3 Å². The van der Waals surface area contributed by atoms with Crippen LogP contribution in [0.15, 0.2) is 54.2 Å². The first kappa shape index (κ1) is 19.2. The van der Waals surface area contributed by atoms with Crippen molar-refractivity contribution in [3.05, 3.63) is 71.2 Å². The third-order valence-electron chi connectivity index (χ3n) is 5.48. The van der Waals surface area contributed by atoms with E-state index < -0.39 is 0 Å². The summed E-state index contributed by atoms with van der Waals surface area (Å²) in [5.74, 6) is -0.127. The number of benzene rings is 2. The van der Waals surface area contributed by atoms with Gasteiger partial charge in [0.15, 0.2) is 0 Å². The maximum absolute atomic E-state index is 13.2. The molecule has 29 heavy (non-hydrogen) atoms. The van der Waals surface area contributed by atoms with Crippen LogP contribution >= 0.6 is 0 Å². The fourth-order valence-corrected chi connectivity index (χ4v) is 3.91. The first-order valence-corrected chi connectivity index (χ1v) is 9.83. The number of carbonyl (C=O) groups is 2. The number of imide groups is 1. The molecule has 5 nitrogen and oxygen atoms in total. The van der Waals surface area contributed by atoms with Gasteiger partial charge in [-0.25, -0.2) is 4.39 Å². The topological polar surface area (TPSA) is 49.9 Å². The summed E-state index contributed by atoms with van der Waals surface area (Å²) in [5, 5.41) is 0. The summed E-state index contributed by atoms with van der Waals surface area (Å²) in [4.78, 5) is 29.8. The average molecular weight is 394 g/mol. The predicted octanol–water partition coefficient (Wildman–Crippen LogP) is 3.25. The van der Waals surface area contributed by atoms with Crippen LogP contribution in [0.3, 0.4) is 0 Å². The molecule has 150 valence electrons. The average Bonchev–Trinajstić information content (AvgIpc) is 3.34. The lowest BCUT2D eigenvalue weighted by Crippen LogP contribution is -2.36. The summed E-state index contributed by atoms with van der Waals surface area (Å²) >= 11 is 0. The van der Waals surface area contributed by atoms with E-state index in [0.717, 1.165) is 37.1 Å². The van der Waals surface area contributed by atoms with Gasteiger partial charge in [-0.2, -0.15) is 0 Å². The molecule has 0 aliphatic carbocycles. The smallest absolute Gasteiger partial charge is 0.277 e. The van der Waals surface area contributed by atoms with Gasteiger partial charge >= 0.3 is 0 Å². The maximum Gasteiger partial charge on any atom is 0.277 e. The molecule has 0 unspecified atom stereocenters. The minimum absolute atomic E-state index is 0.246. The molecule has 0 saturated carbocycles. The second-order valence-electron chi connectivity index (χ2n) is 7.28. The molecule has 0 spiro atoms. The molecule has 0 bridgehead atoms. The number of nitrogens with zero attached hydrogens (tertiary/aromatic N) is 2. The Labute approximate surface area is 169 Å². The van der Waals surface area contributed by atoms with Gasteiger partial charge in [0.05, 0.1) is 12.7 Å². The molecule has 0 atom stereocenters. The van der Waals surface area contributed by atoms with Crippen LogP contribution in [0.4, 0.5) is 4.39 Å². The molecular formula is C23H23FN2O3. The lowest BCUT2D eigenvalue weighted by Gasteiger charge is -2.20. The summed E-state index contributed by atoms with van der Waals surface area (Å²) in [5.41, 5.74) is 2.55. The molecule has 4 rings (SSSR count). The third kappa shape index (κ3) is 3.75. The number of methoxy groups -OCH3 is 1. The van der Waals surface area contributed by atoms with Crippen LogP contribution in [0, 0.1) is 5.82 Å². The highest BCUT2D eigenvalue weighted by atomic mass is 19.1. The Morgan fingerprint density at radius 2 is 1.59 bits per heavy atom. The van der Waals surface area contributed by atoms with Crippen molar-refractivity contribution in [3.63, 3.8) is 0 Å². The molecule has 2 heterocycles. The first-order chi connectivity index (χ1) is 14.1. The molecule has 2 aliphatic rings. The molecule has 0 aromatic heterocycles. The van der Waals surface area contributed by atoms with Crippen LogP contribution in [-0.4, -0.2) is 48.4 Å². The highest BCUT2D eigenvalue weighted by molar-refractivity contribution is 6.35. The zero-order valence-corrected chi connectivity index (χ0v) is 16.4. The largest absolute Gasteiger partial charge is 0.497 e. The zero-order chi connectivity index (χ0) is 20.4. The fourth-order valence-electron chi connectivity index (χ4n) is 3.91. The number of likely N-dealkylation sites (tertiary alicyclic amines) is 1. The minimum atomic E-state index is -0.304. The molecule has 6 heteroatoms. The van der Waals surface area contributed by atoms with Crippen molar-refractivity contribution in [3.8, 4) is 5.75 Å². The van der Waals surface area contributed by atoms with Crippen molar-refractivity contribution in [1.82, 2.24) is 9.80 Å². The quantitative estimate of drug-likeness (QED) is 0.706. The van der Waals surface area contributed by atoms with E-state index in [-0.39, 0.29) is 24.2 Å². The Hall–Kier alpha value is -3.15.